The summed E-state index contributed by atoms with van der Waals surface area (Å²) in [6.07, 6.45) is 0. The van der Waals surface area contributed by atoms with Gasteiger partial charge < -0.3 is 8.46 Å². The highest BCUT2D eigenvalue weighted by atomic mass is 35.9. The van der Waals surface area contributed by atoms with Gasteiger partial charge in [0.25, 0.3) is 0 Å². The Labute approximate surface area is 140 Å². The normalized spacial score (nSPS) is 32.1. The minimum Gasteiger partial charge on any atom is -0.320 e. The molecule has 2 unspecified atom stereocenters. The van der Waals surface area contributed by atoms with E-state index in [1.54, 1.807) is 0 Å². The van der Waals surface area contributed by atoms with E-state index < -0.39 is 29.2 Å². The van der Waals surface area contributed by atoms with Gasteiger partial charge in [0.05, 0.1) is 0 Å². The fourth-order valence-electron chi connectivity index (χ4n) is 3.00. The van der Waals surface area contributed by atoms with Crippen LogP contribution in [0.3, 0.4) is 0 Å². The molecular weight excluding hydrogens is 390 g/mol. The van der Waals surface area contributed by atoms with Gasteiger partial charge >= 0.3 is 12.7 Å². The Kier molecular flexibility index (Phi) is 5.54. The second-order valence-electron chi connectivity index (χ2n) is 7.26. The largest absolute Gasteiger partial charge is 0.376 e. The number of nitrogens with zero attached hydrogens (tertiary/aromatic N) is 2. The third-order valence-electron chi connectivity index (χ3n) is 3.46. The molecule has 1 saturated heterocycles. The van der Waals surface area contributed by atoms with E-state index in [9.17, 15) is 0 Å². The molecule has 0 aromatic heterocycles. The van der Waals surface area contributed by atoms with Gasteiger partial charge in [0.1, 0.15) is 16.5 Å². The molecule has 0 aromatic carbocycles. The molecule has 19 heavy (non-hydrogen) atoms. The second kappa shape index (κ2) is 5.54. The zero-order valence-electron chi connectivity index (χ0n) is 12.7. The summed E-state index contributed by atoms with van der Waals surface area (Å²) in [6.45, 7) is 17.0. The van der Waals surface area contributed by atoms with Crippen molar-refractivity contribution in [2.24, 2.45) is 0 Å². The molecule has 0 amide bonds. The van der Waals surface area contributed by atoms with Crippen molar-refractivity contribution in [1.82, 2.24) is 8.46 Å². The molecule has 2 atom stereocenters. The molecule has 0 radical (unpaired) electrons. The Morgan fingerprint density at radius 2 is 1.37 bits per heavy atom. The van der Waals surface area contributed by atoms with E-state index in [0.29, 0.717) is 6.04 Å². The molecule has 0 bridgehead atoms. The summed E-state index contributed by atoms with van der Waals surface area (Å²) < 4.78 is 4.92. The van der Waals surface area contributed by atoms with Gasteiger partial charge in [-0.2, -0.15) is 0 Å². The highest BCUT2D eigenvalue weighted by Crippen LogP contribution is 2.47. The molecule has 1 aliphatic rings. The SMILES string of the molecule is CC1CN([Si](C)(C)C)[Si](Cl)([Si](Cl)(Cl)Cl)N1[Si](C)(C)C. The molecular formula is C9H24Cl4N2Si4. The van der Waals surface area contributed by atoms with Gasteiger partial charge in [-0.05, 0) is 6.92 Å². The van der Waals surface area contributed by atoms with E-state index in [2.05, 4.69) is 54.7 Å². The van der Waals surface area contributed by atoms with Crippen LogP contribution >= 0.6 is 44.3 Å². The lowest BCUT2D eigenvalue weighted by Gasteiger charge is -2.49. The minimum atomic E-state index is -2.99. The summed E-state index contributed by atoms with van der Waals surface area (Å²) in [5.74, 6) is 0. The van der Waals surface area contributed by atoms with E-state index >= 15 is 0 Å². The zero-order chi connectivity index (χ0) is 15.4. The van der Waals surface area contributed by atoms with Crippen LogP contribution in [0.2, 0.25) is 39.3 Å². The molecule has 0 saturated carbocycles. The topological polar surface area (TPSA) is 6.48 Å². The first kappa shape index (κ1) is 19.0. The van der Waals surface area contributed by atoms with Gasteiger partial charge in [0, 0.05) is 12.6 Å². The molecule has 0 aliphatic carbocycles. The number of hydrogen-bond donors (Lipinski definition) is 0. The highest BCUT2D eigenvalue weighted by Gasteiger charge is 2.70. The van der Waals surface area contributed by atoms with Crippen molar-refractivity contribution in [3.05, 3.63) is 0 Å². The molecule has 0 aromatic rings. The molecule has 0 spiro atoms. The van der Waals surface area contributed by atoms with E-state index in [4.69, 9.17) is 44.3 Å². The van der Waals surface area contributed by atoms with Gasteiger partial charge in [-0.1, -0.05) is 39.3 Å². The average Bonchev–Trinajstić information content (AvgIpc) is 2.35. The van der Waals surface area contributed by atoms with Crippen LogP contribution < -0.4 is 0 Å². The van der Waals surface area contributed by atoms with Crippen LogP contribution in [0.25, 0.3) is 0 Å². The lowest BCUT2D eigenvalue weighted by Crippen LogP contribution is -2.76. The van der Waals surface area contributed by atoms with Crippen LogP contribution in [0.5, 0.6) is 0 Å². The molecule has 2 nitrogen and oxygen atoms in total. The van der Waals surface area contributed by atoms with Crippen LogP contribution in [-0.4, -0.2) is 50.3 Å². The lowest BCUT2D eigenvalue weighted by molar-refractivity contribution is 0.511. The van der Waals surface area contributed by atoms with Crippen LogP contribution in [0.15, 0.2) is 0 Å². The standard InChI is InChI=1S/C9H24Cl4N2Si4/c1-9-8-14(16(2,3)4)19(13,18(10,11)12)15(9)17(5,6)7/h9H,8H2,1-7H3. The van der Waals surface area contributed by atoms with E-state index in [1.807, 2.05) is 0 Å². The average molecular weight is 414 g/mol. The van der Waals surface area contributed by atoms with E-state index in [1.165, 1.54) is 0 Å². The van der Waals surface area contributed by atoms with Crippen molar-refractivity contribution < 1.29 is 0 Å². The minimum absolute atomic E-state index is 0.394. The number of halogens is 4. The zero-order valence-corrected chi connectivity index (χ0v) is 19.7. The van der Waals surface area contributed by atoms with Crippen molar-refractivity contribution in [2.75, 3.05) is 6.54 Å². The van der Waals surface area contributed by atoms with Crippen molar-refractivity contribution in [1.29, 1.82) is 0 Å². The third kappa shape index (κ3) is 3.48. The number of hydrogen-bond acceptors (Lipinski definition) is 2. The summed E-state index contributed by atoms with van der Waals surface area (Å²) >= 11 is 26.7. The molecule has 0 N–H and O–H groups in total. The van der Waals surface area contributed by atoms with Gasteiger partial charge in [-0.25, -0.2) is 0 Å². The van der Waals surface area contributed by atoms with Crippen LogP contribution in [0.4, 0.5) is 0 Å². The van der Waals surface area contributed by atoms with Crippen molar-refractivity contribution >= 4 is 73.5 Å². The molecule has 10 heteroatoms. The van der Waals surface area contributed by atoms with Crippen LogP contribution in [0.1, 0.15) is 6.92 Å². The lowest BCUT2D eigenvalue weighted by atomic mass is 10.4. The second-order valence-corrected chi connectivity index (χ2v) is 37.6. The molecule has 1 heterocycles. The van der Waals surface area contributed by atoms with Crippen LogP contribution in [-0.2, 0) is 0 Å². The maximum atomic E-state index is 7.17. The summed E-state index contributed by atoms with van der Waals surface area (Å²) in [5.41, 5.74) is -2.99. The van der Waals surface area contributed by atoms with E-state index in [-0.39, 0.29) is 0 Å². The highest BCUT2D eigenvalue weighted by molar-refractivity contribution is 7.95. The maximum absolute atomic E-state index is 7.17. The molecule has 1 rings (SSSR count). The Hall–Kier alpha value is 1.95. The molecule has 1 fully saturated rings. The van der Waals surface area contributed by atoms with Gasteiger partial charge in [-0.3, -0.25) is 0 Å². The van der Waals surface area contributed by atoms with Crippen molar-refractivity contribution in [3.63, 3.8) is 0 Å². The number of rotatable bonds is 3. The van der Waals surface area contributed by atoms with Crippen LogP contribution in [0, 0.1) is 0 Å². The Balaban J connectivity index is 3.42. The first-order chi connectivity index (χ1) is 8.13. The predicted molar refractivity (Wildman–Crippen MR) is 99.6 cm³/mol. The van der Waals surface area contributed by atoms with Crippen molar-refractivity contribution in [2.45, 2.75) is 52.2 Å². The fraction of sp³-hybridized carbons (Fsp3) is 1.00. The maximum Gasteiger partial charge on any atom is 0.376 e. The summed E-state index contributed by atoms with van der Waals surface area (Å²) in [6, 6.07) is 0.394. The monoisotopic (exact) mass is 412 g/mol. The van der Waals surface area contributed by atoms with Gasteiger partial charge in [0.15, 0.2) is 0 Å². The summed E-state index contributed by atoms with van der Waals surface area (Å²) in [5, 5.41) is 0. The Morgan fingerprint density at radius 1 is 0.947 bits per heavy atom. The predicted octanol–water partition coefficient (Wildman–Crippen LogP) is 4.57. The quantitative estimate of drug-likeness (QED) is 0.493. The first-order valence-electron chi connectivity index (χ1n) is 6.46. The summed E-state index contributed by atoms with van der Waals surface area (Å²) in [4.78, 5) is 0. The Morgan fingerprint density at radius 3 is 1.63 bits per heavy atom. The fourth-order valence-corrected chi connectivity index (χ4v) is 41.4. The van der Waals surface area contributed by atoms with Gasteiger partial charge in [-0.15, -0.1) is 44.3 Å². The Bertz CT molecular complexity index is 352. The summed E-state index contributed by atoms with van der Waals surface area (Å²) in [7, 11) is -5.92. The van der Waals surface area contributed by atoms with Gasteiger partial charge in [0.2, 0.25) is 0 Å². The smallest absolute Gasteiger partial charge is 0.320 e. The molecule has 1 aliphatic heterocycles. The first-order valence-corrected chi connectivity index (χ1v) is 22.3. The third-order valence-corrected chi connectivity index (χ3v) is 35.1. The molecule has 114 valence electrons. The van der Waals surface area contributed by atoms with E-state index in [0.717, 1.165) is 6.54 Å². The van der Waals surface area contributed by atoms with Crippen molar-refractivity contribution in [3.8, 4) is 0 Å².